The Morgan fingerprint density at radius 1 is 1.50 bits per heavy atom. The third-order valence-corrected chi connectivity index (χ3v) is 1.20. The topological polar surface area (TPSA) is 12.9 Å². The SMILES string of the molecule is P[B]c1ccccn1. The van der Waals surface area contributed by atoms with E-state index in [1.807, 2.05) is 25.2 Å². The summed E-state index contributed by atoms with van der Waals surface area (Å²) in [5.41, 5.74) is 0.998. The fourth-order valence-corrected chi connectivity index (χ4v) is 0.672. The summed E-state index contributed by atoms with van der Waals surface area (Å²) >= 11 is 0. The molecule has 1 nitrogen and oxygen atoms in total. The van der Waals surface area contributed by atoms with Gasteiger partial charge in [0.15, 0.2) is 0 Å². The molecule has 0 aliphatic carbocycles. The minimum atomic E-state index is 0.998. The van der Waals surface area contributed by atoms with Gasteiger partial charge in [-0.2, -0.15) is 9.12 Å². The Labute approximate surface area is 51.9 Å². The van der Waals surface area contributed by atoms with Gasteiger partial charge in [-0.15, -0.1) is 0 Å². The largest absolute Gasteiger partial charge is 0.272 e. The maximum Gasteiger partial charge on any atom is 0.204 e. The minimum absolute atomic E-state index is 0.998. The van der Waals surface area contributed by atoms with E-state index in [9.17, 15) is 0 Å². The van der Waals surface area contributed by atoms with Gasteiger partial charge in [-0.3, -0.25) is 4.98 Å². The van der Waals surface area contributed by atoms with E-state index in [1.54, 1.807) is 6.20 Å². The van der Waals surface area contributed by atoms with Crippen LogP contribution in [0.1, 0.15) is 0 Å². The lowest BCUT2D eigenvalue weighted by Gasteiger charge is -1.87. The smallest absolute Gasteiger partial charge is 0.204 e. The summed E-state index contributed by atoms with van der Waals surface area (Å²) in [6.07, 6.45) is 1.77. The fourth-order valence-electron chi connectivity index (χ4n) is 0.475. The lowest BCUT2D eigenvalue weighted by molar-refractivity contribution is 1.39. The molecule has 0 bridgehead atoms. The van der Waals surface area contributed by atoms with Crippen molar-refractivity contribution in [3.05, 3.63) is 24.4 Å². The normalized spacial score (nSPS) is 8.62. The van der Waals surface area contributed by atoms with Gasteiger partial charge in [-0.25, -0.2) is 0 Å². The van der Waals surface area contributed by atoms with Crippen molar-refractivity contribution in [1.82, 2.24) is 4.98 Å². The lowest BCUT2D eigenvalue weighted by Crippen LogP contribution is -2.10. The molecule has 0 N–H and O–H groups in total. The van der Waals surface area contributed by atoms with Gasteiger partial charge in [0.25, 0.3) is 0 Å². The predicted molar refractivity (Wildman–Crippen MR) is 39.3 cm³/mol. The average molecular weight is 122 g/mol. The van der Waals surface area contributed by atoms with Gasteiger partial charge < -0.3 is 0 Å². The molecule has 1 heterocycles. The van der Waals surface area contributed by atoms with Crippen LogP contribution in [-0.4, -0.2) is 12.0 Å². The molecular formula is C5H6BNP. The second-order valence-corrected chi connectivity index (χ2v) is 1.75. The molecule has 3 heteroatoms. The zero-order valence-corrected chi connectivity index (χ0v) is 5.57. The van der Waals surface area contributed by atoms with E-state index in [-0.39, 0.29) is 0 Å². The van der Waals surface area contributed by atoms with Crippen molar-refractivity contribution in [2.45, 2.75) is 0 Å². The Balaban J connectivity index is 2.83. The fraction of sp³-hybridized carbons (Fsp3) is 0. The van der Waals surface area contributed by atoms with E-state index >= 15 is 0 Å². The molecule has 1 unspecified atom stereocenters. The van der Waals surface area contributed by atoms with Crippen molar-refractivity contribution in [2.24, 2.45) is 0 Å². The molecule has 0 spiro atoms. The maximum atomic E-state index is 4.02. The van der Waals surface area contributed by atoms with Gasteiger partial charge in [0, 0.05) is 11.8 Å². The van der Waals surface area contributed by atoms with Crippen LogP contribution in [0.25, 0.3) is 0 Å². The first-order valence-corrected chi connectivity index (χ1v) is 3.06. The van der Waals surface area contributed by atoms with Crippen molar-refractivity contribution in [2.75, 3.05) is 0 Å². The highest BCUT2D eigenvalue weighted by Crippen LogP contribution is 1.78. The molecule has 0 saturated carbocycles. The van der Waals surface area contributed by atoms with Gasteiger partial charge in [0.05, 0.1) is 0 Å². The van der Waals surface area contributed by atoms with E-state index in [1.165, 1.54) is 0 Å². The van der Waals surface area contributed by atoms with E-state index in [0.29, 0.717) is 0 Å². The molecule has 0 aromatic carbocycles. The number of hydrogen-bond acceptors (Lipinski definition) is 1. The summed E-state index contributed by atoms with van der Waals surface area (Å²) in [4.78, 5) is 4.02. The van der Waals surface area contributed by atoms with Crippen LogP contribution in [0.3, 0.4) is 0 Å². The first kappa shape index (κ1) is 5.78. The molecule has 0 amide bonds. The molecule has 1 rings (SSSR count). The van der Waals surface area contributed by atoms with Gasteiger partial charge in [0.2, 0.25) is 7.00 Å². The van der Waals surface area contributed by atoms with E-state index in [2.05, 4.69) is 14.1 Å². The van der Waals surface area contributed by atoms with Crippen LogP contribution in [0.2, 0.25) is 0 Å². The van der Waals surface area contributed by atoms with E-state index in [0.717, 1.165) is 5.59 Å². The Morgan fingerprint density at radius 2 is 2.38 bits per heavy atom. The van der Waals surface area contributed by atoms with Crippen LogP contribution < -0.4 is 5.59 Å². The highest BCUT2D eigenvalue weighted by atomic mass is 31.0. The zero-order valence-electron chi connectivity index (χ0n) is 4.41. The molecule has 0 fully saturated rings. The predicted octanol–water partition coefficient (Wildman–Crippen LogP) is 0.201. The number of hydrogen-bond donors (Lipinski definition) is 0. The van der Waals surface area contributed by atoms with Crippen LogP contribution in [0.4, 0.5) is 0 Å². The quantitative estimate of drug-likeness (QED) is 0.383. The molecule has 1 atom stereocenters. The standard InChI is InChI=1S/C5H6BNP/c8-6-5-3-1-2-4-7-5/h1-4H,8H2. The highest BCUT2D eigenvalue weighted by Gasteiger charge is 1.84. The third kappa shape index (κ3) is 1.31. The molecule has 0 aliphatic heterocycles. The van der Waals surface area contributed by atoms with Crippen LogP contribution >= 0.6 is 9.12 Å². The van der Waals surface area contributed by atoms with Crippen LogP contribution in [-0.2, 0) is 0 Å². The Hall–Kier alpha value is -0.355. The molecule has 0 saturated heterocycles. The minimum Gasteiger partial charge on any atom is -0.272 e. The molecule has 1 radical (unpaired) electrons. The summed E-state index contributed by atoms with van der Waals surface area (Å²) in [6, 6.07) is 5.81. The number of pyridine rings is 1. The molecule has 1 aromatic rings. The molecule has 0 aliphatic rings. The molecule has 8 heavy (non-hydrogen) atoms. The first-order valence-electron chi connectivity index (χ1n) is 2.39. The van der Waals surface area contributed by atoms with Crippen molar-refractivity contribution < 1.29 is 0 Å². The van der Waals surface area contributed by atoms with Crippen molar-refractivity contribution >= 4 is 21.7 Å². The van der Waals surface area contributed by atoms with E-state index < -0.39 is 0 Å². The third-order valence-electron chi connectivity index (χ3n) is 0.859. The van der Waals surface area contributed by atoms with Gasteiger partial charge in [0.1, 0.15) is 0 Å². The molecular weight excluding hydrogens is 116 g/mol. The van der Waals surface area contributed by atoms with Crippen molar-refractivity contribution in [3.63, 3.8) is 0 Å². The number of aromatic nitrogens is 1. The second kappa shape index (κ2) is 2.83. The van der Waals surface area contributed by atoms with Gasteiger partial charge in [-0.1, -0.05) is 12.1 Å². The second-order valence-electron chi connectivity index (χ2n) is 1.42. The summed E-state index contributed by atoms with van der Waals surface area (Å²) in [7, 11) is 2.51. The van der Waals surface area contributed by atoms with Crippen LogP contribution in [0.5, 0.6) is 0 Å². The molecule has 1 aromatic heterocycles. The summed E-state index contributed by atoms with van der Waals surface area (Å²) in [5.74, 6) is 0. The average Bonchev–Trinajstić information content (AvgIpc) is 1.90. The first-order chi connectivity index (χ1) is 3.93. The Kier molecular flexibility index (Phi) is 2.05. The van der Waals surface area contributed by atoms with Gasteiger partial charge >= 0.3 is 0 Å². The Morgan fingerprint density at radius 3 is 2.75 bits per heavy atom. The Bertz CT molecular complexity index is 154. The van der Waals surface area contributed by atoms with Crippen LogP contribution in [0, 0.1) is 0 Å². The van der Waals surface area contributed by atoms with Crippen LogP contribution in [0.15, 0.2) is 24.4 Å². The summed E-state index contributed by atoms with van der Waals surface area (Å²) in [5, 5.41) is 0. The number of rotatable bonds is 1. The maximum absolute atomic E-state index is 4.02. The monoisotopic (exact) mass is 122 g/mol. The van der Waals surface area contributed by atoms with Gasteiger partial charge in [-0.05, 0) is 6.07 Å². The molecule has 39 valence electrons. The summed E-state index contributed by atoms with van der Waals surface area (Å²) in [6.45, 7) is 1.89. The van der Waals surface area contributed by atoms with E-state index in [4.69, 9.17) is 0 Å². The lowest BCUT2D eigenvalue weighted by atomic mass is 10.0. The zero-order chi connectivity index (χ0) is 5.82. The van der Waals surface area contributed by atoms with Crippen molar-refractivity contribution in [3.8, 4) is 0 Å². The van der Waals surface area contributed by atoms with Crippen molar-refractivity contribution in [1.29, 1.82) is 0 Å². The summed E-state index contributed by atoms with van der Waals surface area (Å²) < 4.78 is 0. The number of nitrogens with zero attached hydrogens (tertiary/aromatic N) is 1. The highest BCUT2D eigenvalue weighted by molar-refractivity contribution is 7.58.